The second-order valence-corrected chi connectivity index (χ2v) is 10.3. The molecule has 1 aliphatic heterocycles. The quantitative estimate of drug-likeness (QED) is 0.301. The summed E-state index contributed by atoms with van der Waals surface area (Å²) in [5, 5.41) is 5.99. The highest BCUT2D eigenvalue weighted by molar-refractivity contribution is 6.13. The van der Waals surface area contributed by atoms with Crippen molar-refractivity contribution in [3.63, 3.8) is 0 Å². The number of carbonyl (C=O) groups excluding carboxylic acids is 3. The maximum atomic E-state index is 13.7. The van der Waals surface area contributed by atoms with E-state index >= 15 is 0 Å². The normalized spacial score (nSPS) is 19.1. The molecule has 4 amide bonds. The van der Waals surface area contributed by atoms with E-state index in [0.29, 0.717) is 29.6 Å². The zero-order valence-electron chi connectivity index (χ0n) is 22.8. The molecule has 5 heterocycles. The van der Waals surface area contributed by atoms with Gasteiger partial charge in [-0.1, -0.05) is 0 Å². The van der Waals surface area contributed by atoms with Crippen molar-refractivity contribution in [2.75, 3.05) is 29.1 Å². The molecule has 0 spiro atoms. The third kappa shape index (κ3) is 5.08. The molecule has 2 N–H and O–H groups in total. The highest BCUT2D eigenvalue weighted by Crippen LogP contribution is 2.46. The van der Waals surface area contributed by atoms with Gasteiger partial charge in [0.2, 0.25) is 11.8 Å². The molecule has 0 unspecified atom stereocenters. The predicted octanol–water partition coefficient (Wildman–Crippen LogP) is 3.47. The number of carbonyl (C=O) groups is 3. The number of imidazole rings is 1. The number of hydrogen-bond donors (Lipinski definition) is 2. The lowest BCUT2D eigenvalue weighted by atomic mass is 10.2. The maximum absolute atomic E-state index is 13.7. The van der Waals surface area contributed by atoms with E-state index in [1.807, 2.05) is 6.92 Å². The van der Waals surface area contributed by atoms with E-state index in [9.17, 15) is 23.2 Å². The maximum Gasteiger partial charge on any atom is 0.331 e. The third-order valence-corrected chi connectivity index (χ3v) is 7.30. The lowest BCUT2D eigenvalue weighted by Gasteiger charge is -2.17. The molecule has 42 heavy (non-hydrogen) atoms. The Hall–Kier alpha value is -5.08. The Kier molecular flexibility index (Phi) is 6.71. The van der Waals surface area contributed by atoms with Crippen LogP contribution >= 0.6 is 0 Å². The number of urea groups is 1. The number of alkyl halides is 2. The van der Waals surface area contributed by atoms with Crippen molar-refractivity contribution in [2.45, 2.75) is 38.7 Å². The van der Waals surface area contributed by atoms with Gasteiger partial charge in [0.1, 0.15) is 30.3 Å². The largest absolute Gasteiger partial charge is 0.362 e. The highest BCUT2D eigenvalue weighted by atomic mass is 19.3. The molecular weight excluding hydrogens is 550 g/mol. The van der Waals surface area contributed by atoms with Gasteiger partial charge in [0.25, 0.3) is 6.43 Å². The van der Waals surface area contributed by atoms with Crippen molar-refractivity contribution >= 4 is 40.8 Å². The Morgan fingerprint density at radius 1 is 1.10 bits per heavy atom. The second kappa shape index (κ2) is 10.4. The fourth-order valence-electron chi connectivity index (χ4n) is 4.87. The number of aromatic nitrogens is 6. The number of fused-ring (bicyclic) bond motifs is 1. The van der Waals surface area contributed by atoms with Gasteiger partial charge in [-0.25, -0.2) is 38.5 Å². The average Bonchev–Trinajstić information content (AvgIpc) is 3.58. The zero-order valence-corrected chi connectivity index (χ0v) is 22.8. The highest BCUT2D eigenvalue weighted by Gasteiger charge is 2.46. The smallest absolute Gasteiger partial charge is 0.331 e. The topological polar surface area (TPSA) is 151 Å². The average molecular weight is 577 g/mol. The van der Waals surface area contributed by atoms with Crippen LogP contribution in [0.3, 0.4) is 0 Å². The fourth-order valence-corrected chi connectivity index (χ4v) is 4.87. The molecule has 3 atom stereocenters. The van der Waals surface area contributed by atoms with Crippen molar-refractivity contribution in [1.29, 1.82) is 0 Å². The van der Waals surface area contributed by atoms with E-state index in [0.717, 1.165) is 15.5 Å². The fraction of sp³-hybridized carbons (Fsp3) is 0.333. The summed E-state index contributed by atoms with van der Waals surface area (Å²) < 4.78 is 28.8. The van der Waals surface area contributed by atoms with Crippen LogP contribution in [-0.2, 0) is 9.59 Å². The van der Waals surface area contributed by atoms with Crippen molar-refractivity contribution < 1.29 is 23.2 Å². The number of nitrogens with zero attached hydrogens (tertiary/aromatic N) is 8. The van der Waals surface area contributed by atoms with E-state index < -0.39 is 24.4 Å². The van der Waals surface area contributed by atoms with Gasteiger partial charge in [0.15, 0.2) is 5.65 Å². The summed E-state index contributed by atoms with van der Waals surface area (Å²) in [6.07, 6.45) is 3.65. The molecule has 2 aliphatic rings. The lowest BCUT2D eigenvalue weighted by Crippen LogP contribution is -2.30. The Morgan fingerprint density at radius 2 is 1.88 bits per heavy atom. The summed E-state index contributed by atoms with van der Waals surface area (Å²) in [5.74, 6) is 0.429. The number of aryl methyl sites for hydroxylation is 1. The Labute approximate surface area is 238 Å². The first-order valence-corrected chi connectivity index (χ1v) is 13.2. The molecule has 0 bridgehead atoms. The monoisotopic (exact) mass is 576 g/mol. The molecule has 1 saturated heterocycles. The first-order valence-electron chi connectivity index (χ1n) is 13.2. The lowest BCUT2D eigenvalue weighted by molar-refractivity contribution is -0.124. The van der Waals surface area contributed by atoms with Crippen LogP contribution in [-0.4, -0.2) is 65.7 Å². The SMILES string of the molecule is Cc1ccnc([C@H]2C[C@@H]2C(=O)Nc2cc(N[C@@H](C)c3cn4cc(C(F)F)cc(N5CC(=O)N(C)C5=O)c4n3)ncn2)n1. The number of pyridine rings is 1. The van der Waals surface area contributed by atoms with Gasteiger partial charge >= 0.3 is 6.03 Å². The molecule has 0 radical (unpaired) electrons. The minimum absolute atomic E-state index is 0.0377. The van der Waals surface area contributed by atoms with Crippen molar-refractivity contribution in [2.24, 2.45) is 5.92 Å². The molecule has 2 fully saturated rings. The molecule has 1 aliphatic carbocycles. The first kappa shape index (κ1) is 27.1. The number of likely N-dealkylation sites (N-methyl/N-ethyl adjacent to an activating group) is 1. The van der Waals surface area contributed by atoms with E-state index in [4.69, 9.17) is 0 Å². The zero-order chi connectivity index (χ0) is 29.7. The van der Waals surface area contributed by atoms with Gasteiger partial charge in [-0.05, 0) is 32.4 Å². The van der Waals surface area contributed by atoms with Crippen molar-refractivity contribution in [3.8, 4) is 0 Å². The summed E-state index contributed by atoms with van der Waals surface area (Å²) in [7, 11) is 1.34. The van der Waals surface area contributed by atoms with Crippen molar-refractivity contribution in [1.82, 2.24) is 34.2 Å². The summed E-state index contributed by atoms with van der Waals surface area (Å²) in [5.41, 5.74) is 1.34. The summed E-state index contributed by atoms with van der Waals surface area (Å²) in [6, 6.07) is 3.47. The molecular formula is C27H26F2N10O3. The Morgan fingerprint density at radius 3 is 2.60 bits per heavy atom. The number of imide groups is 1. The summed E-state index contributed by atoms with van der Waals surface area (Å²) >= 11 is 0. The van der Waals surface area contributed by atoms with Gasteiger partial charge in [0, 0.05) is 54.8 Å². The molecule has 4 aromatic heterocycles. The number of halogens is 2. The molecule has 216 valence electrons. The van der Waals surface area contributed by atoms with E-state index in [1.165, 1.54) is 30.0 Å². The minimum Gasteiger partial charge on any atom is -0.362 e. The van der Waals surface area contributed by atoms with Crippen LogP contribution in [0, 0.1) is 12.8 Å². The van der Waals surface area contributed by atoms with Crippen LogP contribution in [0.15, 0.2) is 43.1 Å². The second-order valence-electron chi connectivity index (χ2n) is 10.3. The first-order chi connectivity index (χ1) is 20.1. The van der Waals surface area contributed by atoms with Crippen LogP contribution < -0.4 is 15.5 Å². The number of anilines is 3. The molecule has 6 rings (SSSR count). The third-order valence-electron chi connectivity index (χ3n) is 7.30. The van der Waals surface area contributed by atoms with Crippen molar-refractivity contribution in [3.05, 3.63) is 65.9 Å². The number of hydrogen-bond acceptors (Lipinski definition) is 9. The van der Waals surface area contributed by atoms with Gasteiger partial charge in [-0.2, -0.15) is 0 Å². The number of rotatable bonds is 8. The van der Waals surface area contributed by atoms with Gasteiger partial charge < -0.3 is 15.0 Å². The van der Waals surface area contributed by atoms with Gasteiger partial charge in [-0.15, -0.1) is 0 Å². The molecule has 1 saturated carbocycles. The Balaban J connectivity index is 1.19. The summed E-state index contributed by atoms with van der Waals surface area (Å²) in [4.78, 5) is 61.2. The minimum atomic E-state index is -2.80. The van der Waals surface area contributed by atoms with E-state index in [2.05, 4.69) is 35.6 Å². The molecule has 0 aromatic carbocycles. The predicted molar refractivity (Wildman–Crippen MR) is 146 cm³/mol. The van der Waals surface area contributed by atoms with Crippen LogP contribution in [0.25, 0.3) is 5.65 Å². The molecule has 15 heteroatoms. The molecule has 13 nitrogen and oxygen atoms in total. The van der Waals surface area contributed by atoms with Crippen LogP contribution in [0.5, 0.6) is 0 Å². The number of nitrogens with one attached hydrogen (secondary N) is 2. The van der Waals surface area contributed by atoms with E-state index in [1.54, 1.807) is 31.5 Å². The summed E-state index contributed by atoms with van der Waals surface area (Å²) in [6.45, 7) is 3.40. The standard InChI is InChI=1S/C27H26F2N10O3/c1-13-4-5-30-24(33-13)16-7-17(16)26(41)36-21-8-20(31-12-32-21)34-14(2)18-10-38-9-15(23(28)29)6-19(25(38)35-18)39-11-22(40)37(3)27(39)42/h4-6,8-10,12,14,16-17,23H,7,11H2,1-3H3,(H2,31,32,34,36,41)/t14-,16-,17-/m0/s1. The van der Waals surface area contributed by atoms with Crippen LogP contribution in [0.2, 0.25) is 0 Å². The van der Waals surface area contributed by atoms with E-state index in [-0.39, 0.29) is 41.2 Å². The van der Waals surface area contributed by atoms with Gasteiger partial charge in [0.05, 0.1) is 17.4 Å². The Bertz CT molecular complexity index is 1730. The van der Waals surface area contributed by atoms with Crippen LogP contribution in [0.1, 0.15) is 54.5 Å². The van der Waals surface area contributed by atoms with Gasteiger partial charge in [-0.3, -0.25) is 19.4 Å². The van der Waals surface area contributed by atoms with Crippen LogP contribution in [0.4, 0.5) is 30.9 Å². The number of amides is 4. The molecule has 4 aromatic rings.